The molecule has 44 heavy (non-hydrogen) atoms. The Morgan fingerprint density at radius 1 is 0.432 bits per heavy atom. The summed E-state index contributed by atoms with van der Waals surface area (Å²) in [4.78, 5) is 0. The second kappa shape index (κ2) is 15.7. The maximum Gasteiger partial charge on any atom is 0.0918 e. The third-order valence-corrected chi connectivity index (χ3v) is 14.3. The van der Waals surface area contributed by atoms with Crippen LogP contribution in [0.15, 0.2) is 121 Å². The molecular weight excluding hydrogens is 582 g/mol. The molecule has 3 unspecified atom stereocenters. The van der Waals surface area contributed by atoms with Crippen LogP contribution >= 0.6 is 15.8 Å². The molecule has 4 aromatic carbocycles. The van der Waals surface area contributed by atoms with Crippen LogP contribution in [0.4, 0.5) is 0 Å². The van der Waals surface area contributed by atoms with Crippen LogP contribution in [-0.2, 0) is 45.4 Å². The summed E-state index contributed by atoms with van der Waals surface area (Å²) in [5, 5.41) is 0. The van der Waals surface area contributed by atoms with E-state index in [1.54, 1.807) is 0 Å². The van der Waals surface area contributed by atoms with Gasteiger partial charge in [-0.2, -0.15) is 0 Å². The van der Waals surface area contributed by atoms with E-state index in [0.717, 1.165) is 12.3 Å². The van der Waals surface area contributed by atoms with Gasteiger partial charge in [0.05, 0.1) is 50.8 Å². The van der Waals surface area contributed by atoms with Gasteiger partial charge in [0, 0.05) is 11.3 Å². The van der Waals surface area contributed by atoms with Gasteiger partial charge in [0.1, 0.15) is 0 Å². The zero-order chi connectivity index (χ0) is 30.1. The molecule has 0 bridgehead atoms. The summed E-state index contributed by atoms with van der Waals surface area (Å²) < 4.78 is 27.2. The van der Waals surface area contributed by atoms with E-state index in [0.29, 0.717) is 37.7 Å². The molecule has 0 spiro atoms. The van der Waals surface area contributed by atoms with E-state index in [9.17, 15) is 0 Å². The number of hydrogen-bond acceptors (Lipinski definition) is 4. The Balaban J connectivity index is 1.25. The molecule has 0 N–H and O–H groups in total. The molecule has 2 fully saturated rings. The first-order chi connectivity index (χ1) is 21.7. The standard InChI is InChI=1S/C38H44O4P2/c1-43-27-33(39-23-29-15-7-3-8-16-29)35(41-25-31-19-11-5-12-20-31)37(43)38-36(42-26-32-21-13-6-14-22-32)34(28-44(38)2)40-24-30-17-9-4-10-18-30/h3-22,33-38H,23-28H2,1-2H3/t33-,34-,35+,36+,37-,38?,43?,44?/m1/s1. The van der Waals surface area contributed by atoms with Crippen molar-refractivity contribution in [2.75, 3.05) is 25.7 Å². The molecule has 6 rings (SSSR count). The zero-order valence-corrected chi connectivity index (χ0v) is 27.6. The van der Waals surface area contributed by atoms with Crippen molar-refractivity contribution in [3.8, 4) is 0 Å². The minimum absolute atomic E-state index is 0.0145. The Morgan fingerprint density at radius 3 is 1.00 bits per heavy atom. The molecule has 0 saturated carbocycles. The van der Waals surface area contributed by atoms with Crippen molar-refractivity contribution in [1.29, 1.82) is 0 Å². The van der Waals surface area contributed by atoms with Crippen LogP contribution in [0.5, 0.6) is 0 Å². The first-order valence-electron chi connectivity index (χ1n) is 15.7. The maximum atomic E-state index is 6.91. The molecule has 2 saturated heterocycles. The van der Waals surface area contributed by atoms with Gasteiger partial charge < -0.3 is 18.9 Å². The topological polar surface area (TPSA) is 36.9 Å². The van der Waals surface area contributed by atoms with Crippen molar-refractivity contribution >= 4 is 15.8 Å². The fraction of sp³-hybridized carbons (Fsp3) is 0.368. The molecule has 2 heterocycles. The molecule has 0 amide bonds. The highest BCUT2D eigenvalue weighted by atomic mass is 31.1. The van der Waals surface area contributed by atoms with Crippen molar-refractivity contribution in [3.05, 3.63) is 144 Å². The van der Waals surface area contributed by atoms with Gasteiger partial charge >= 0.3 is 0 Å². The van der Waals surface area contributed by atoms with Crippen molar-refractivity contribution in [3.63, 3.8) is 0 Å². The quantitative estimate of drug-likeness (QED) is 0.140. The van der Waals surface area contributed by atoms with E-state index in [-0.39, 0.29) is 40.3 Å². The summed E-state index contributed by atoms with van der Waals surface area (Å²) in [7, 11) is -0.677. The highest BCUT2D eigenvalue weighted by Crippen LogP contribution is 2.62. The van der Waals surface area contributed by atoms with Crippen LogP contribution in [0.1, 0.15) is 22.3 Å². The van der Waals surface area contributed by atoms with Crippen LogP contribution < -0.4 is 0 Å². The van der Waals surface area contributed by atoms with Gasteiger partial charge in [0.15, 0.2) is 0 Å². The molecule has 230 valence electrons. The predicted molar refractivity (Wildman–Crippen MR) is 183 cm³/mol. The summed E-state index contributed by atoms with van der Waals surface area (Å²) in [6.45, 7) is 7.31. The van der Waals surface area contributed by atoms with Gasteiger partial charge in [-0.05, 0) is 47.9 Å². The lowest BCUT2D eigenvalue weighted by Crippen LogP contribution is -2.46. The molecule has 8 atom stereocenters. The molecule has 4 nitrogen and oxygen atoms in total. The van der Waals surface area contributed by atoms with Gasteiger partial charge in [-0.15, -0.1) is 15.8 Å². The SMILES string of the molecule is CP1C[C@@H](OCc2ccccc2)[C@H](OCc2ccccc2)C1[C@H]1[C@@H](OCc2ccccc2)[C@H](OCc2ccccc2)CP1C. The normalized spacial score (nSPS) is 28.3. The van der Waals surface area contributed by atoms with Crippen molar-refractivity contribution in [2.24, 2.45) is 0 Å². The van der Waals surface area contributed by atoms with E-state index in [4.69, 9.17) is 18.9 Å². The van der Waals surface area contributed by atoms with E-state index < -0.39 is 0 Å². The highest BCUT2D eigenvalue weighted by Gasteiger charge is 2.55. The third kappa shape index (κ3) is 8.04. The van der Waals surface area contributed by atoms with Crippen LogP contribution in [0, 0.1) is 0 Å². The molecule has 0 radical (unpaired) electrons. The monoisotopic (exact) mass is 626 g/mol. The lowest BCUT2D eigenvalue weighted by Gasteiger charge is -2.36. The predicted octanol–water partition coefficient (Wildman–Crippen LogP) is 8.32. The number of rotatable bonds is 13. The summed E-state index contributed by atoms with van der Waals surface area (Å²) in [6.07, 6.45) is 2.24. The van der Waals surface area contributed by atoms with Gasteiger partial charge in [0.2, 0.25) is 0 Å². The van der Waals surface area contributed by atoms with Crippen LogP contribution in [-0.4, -0.2) is 61.4 Å². The molecular formula is C38H44O4P2. The van der Waals surface area contributed by atoms with E-state index in [1.807, 2.05) is 0 Å². The van der Waals surface area contributed by atoms with Gasteiger partial charge in [-0.25, -0.2) is 0 Å². The van der Waals surface area contributed by atoms with E-state index >= 15 is 0 Å². The molecule has 0 aromatic heterocycles. The number of hydrogen-bond donors (Lipinski definition) is 0. The van der Waals surface area contributed by atoms with E-state index in [1.165, 1.54) is 22.3 Å². The summed E-state index contributed by atoms with van der Waals surface area (Å²) in [6, 6.07) is 42.1. The van der Waals surface area contributed by atoms with Gasteiger partial charge in [-0.3, -0.25) is 0 Å². The van der Waals surface area contributed by atoms with Crippen LogP contribution in [0.3, 0.4) is 0 Å². The Bertz CT molecular complexity index is 1280. The highest BCUT2D eigenvalue weighted by molar-refractivity contribution is 7.62. The lowest BCUT2D eigenvalue weighted by molar-refractivity contribution is -0.0900. The Labute approximate surface area is 265 Å². The van der Waals surface area contributed by atoms with Gasteiger partial charge in [-0.1, -0.05) is 121 Å². The summed E-state index contributed by atoms with van der Waals surface area (Å²) in [5.41, 5.74) is 5.58. The Morgan fingerprint density at radius 2 is 0.705 bits per heavy atom. The minimum Gasteiger partial charge on any atom is -0.370 e. The summed E-state index contributed by atoms with van der Waals surface area (Å²) in [5.74, 6) is 0. The molecule has 2 aliphatic rings. The maximum absolute atomic E-state index is 6.91. The third-order valence-electron chi connectivity index (χ3n) is 8.89. The number of benzene rings is 4. The van der Waals surface area contributed by atoms with Crippen molar-refractivity contribution in [2.45, 2.75) is 62.2 Å². The fourth-order valence-electron chi connectivity index (χ4n) is 6.67. The molecule has 6 heteroatoms. The van der Waals surface area contributed by atoms with Crippen LogP contribution in [0.2, 0.25) is 0 Å². The average Bonchev–Trinajstić information content (AvgIpc) is 3.55. The zero-order valence-electron chi connectivity index (χ0n) is 25.8. The summed E-state index contributed by atoms with van der Waals surface area (Å²) >= 11 is 0. The second-order valence-corrected chi connectivity index (χ2v) is 17.0. The minimum atomic E-state index is -0.339. The van der Waals surface area contributed by atoms with Crippen LogP contribution in [0.25, 0.3) is 0 Å². The Kier molecular flexibility index (Phi) is 11.3. The molecule has 0 aliphatic carbocycles. The Hall–Kier alpha value is -2.42. The second-order valence-electron chi connectivity index (χ2n) is 12.1. The smallest absolute Gasteiger partial charge is 0.0918 e. The first-order valence-corrected chi connectivity index (χ1v) is 19.8. The first kappa shape index (κ1) is 31.6. The molecule has 2 aliphatic heterocycles. The van der Waals surface area contributed by atoms with E-state index in [2.05, 4.69) is 135 Å². The average molecular weight is 627 g/mol. The van der Waals surface area contributed by atoms with Crippen molar-refractivity contribution < 1.29 is 18.9 Å². The molecule has 4 aromatic rings. The number of ether oxygens (including phenoxy) is 4. The lowest BCUT2D eigenvalue weighted by atomic mass is 10.0. The van der Waals surface area contributed by atoms with Gasteiger partial charge in [0.25, 0.3) is 0 Å². The fourth-order valence-corrected chi connectivity index (χ4v) is 13.2. The largest absolute Gasteiger partial charge is 0.370 e. The van der Waals surface area contributed by atoms with Crippen molar-refractivity contribution in [1.82, 2.24) is 0 Å².